The Morgan fingerprint density at radius 2 is 1.14 bits per heavy atom. The predicted octanol–water partition coefficient (Wildman–Crippen LogP) is 0.517. The van der Waals surface area contributed by atoms with Crippen LogP contribution in [0.1, 0.15) is 11.1 Å². The van der Waals surface area contributed by atoms with Crippen molar-refractivity contribution >= 4 is 11.9 Å². The van der Waals surface area contributed by atoms with Gasteiger partial charge in [0.1, 0.15) is 12.2 Å². The molecule has 0 spiro atoms. The summed E-state index contributed by atoms with van der Waals surface area (Å²) in [7, 11) is 2.07. The molecule has 3 fully saturated rings. The van der Waals surface area contributed by atoms with Crippen LogP contribution in [0.5, 0.6) is 0 Å². The van der Waals surface area contributed by atoms with Gasteiger partial charge in [-0.25, -0.2) is 9.59 Å². The lowest BCUT2D eigenvalue weighted by molar-refractivity contribution is -0.229. The topological polar surface area (TPSA) is 133 Å². The minimum Gasteiger partial charge on any atom is -0.467 e. The van der Waals surface area contributed by atoms with Gasteiger partial charge in [-0.1, -0.05) is 60.7 Å². The molecule has 3 aliphatic heterocycles. The molecule has 3 heterocycles. The van der Waals surface area contributed by atoms with Crippen LogP contribution in [0.4, 0.5) is 0 Å². The Labute approximate surface area is 207 Å². The minimum atomic E-state index is -2.91. The number of hydrogen-bond donors (Lipinski definition) is 2. The van der Waals surface area contributed by atoms with E-state index < -0.39 is 46.6 Å². The summed E-state index contributed by atoms with van der Waals surface area (Å²) in [5.41, 5.74) is -8.07. The number of aliphatic hydroxyl groups is 2. The molecule has 3 aliphatic rings. The second kappa shape index (κ2) is 8.91. The molecule has 0 aliphatic carbocycles. The fourth-order valence-electron chi connectivity index (χ4n) is 5.59. The number of epoxide rings is 1. The zero-order chi connectivity index (χ0) is 25.6. The van der Waals surface area contributed by atoms with Crippen LogP contribution < -0.4 is 0 Å². The number of methoxy groups -OCH3 is 2. The van der Waals surface area contributed by atoms with E-state index in [4.69, 9.17) is 28.4 Å². The summed E-state index contributed by atoms with van der Waals surface area (Å²) in [6.45, 7) is -0.522. The molecule has 2 aromatic carbocycles. The molecular weight excluding hydrogens is 472 g/mol. The first kappa shape index (κ1) is 24.8. The molecular formula is C26H28O10. The lowest BCUT2D eigenvalue weighted by Gasteiger charge is -2.45. The first-order valence-corrected chi connectivity index (χ1v) is 11.5. The minimum absolute atomic E-state index is 0.120. The molecule has 36 heavy (non-hydrogen) atoms. The van der Waals surface area contributed by atoms with Crippen molar-refractivity contribution in [3.8, 4) is 0 Å². The Bertz CT molecular complexity index is 1040. The zero-order valence-corrected chi connectivity index (χ0v) is 19.9. The summed E-state index contributed by atoms with van der Waals surface area (Å²) in [4.78, 5) is 26.3. The highest BCUT2D eigenvalue weighted by Gasteiger charge is 2.99. The van der Waals surface area contributed by atoms with Gasteiger partial charge in [0.25, 0.3) is 0 Å². The summed E-state index contributed by atoms with van der Waals surface area (Å²) in [6, 6.07) is 18.5. The molecule has 192 valence electrons. The van der Waals surface area contributed by atoms with E-state index in [0.29, 0.717) is 0 Å². The molecule has 10 heteroatoms. The van der Waals surface area contributed by atoms with Gasteiger partial charge in [-0.2, -0.15) is 0 Å². The van der Waals surface area contributed by atoms with Crippen molar-refractivity contribution in [1.82, 2.24) is 0 Å². The standard InChI is InChI=1S/C26H28O10/c1-31-21(27)25(29)23(15-33-13-17-9-5-3-6-10-17)19-20(35-19)24(36-23,26(25,30)22(28)32-2)16-34-14-18-11-7-4-8-12-18/h3-12,19-20,29-30H,13-16H2,1-2H3/t19-,20+,23-,24+,25-,26+. The van der Waals surface area contributed by atoms with Crippen molar-refractivity contribution in [2.24, 2.45) is 0 Å². The molecule has 0 unspecified atom stereocenters. The van der Waals surface area contributed by atoms with E-state index >= 15 is 0 Å². The zero-order valence-electron chi connectivity index (χ0n) is 19.9. The van der Waals surface area contributed by atoms with Crippen LogP contribution in [0, 0.1) is 0 Å². The third kappa shape index (κ3) is 3.19. The third-order valence-corrected chi connectivity index (χ3v) is 7.34. The Balaban J connectivity index is 1.50. The summed E-state index contributed by atoms with van der Waals surface area (Å²) in [6.07, 6.45) is -1.72. The monoisotopic (exact) mass is 500 g/mol. The van der Waals surface area contributed by atoms with Crippen LogP contribution in [0.25, 0.3) is 0 Å². The number of carbonyl (C=O) groups excluding carboxylic acids is 2. The number of rotatable bonds is 10. The summed E-state index contributed by atoms with van der Waals surface area (Å²) >= 11 is 0. The summed E-state index contributed by atoms with van der Waals surface area (Å²) in [5, 5.41) is 23.9. The van der Waals surface area contributed by atoms with Gasteiger partial charge >= 0.3 is 11.9 Å². The van der Waals surface area contributed by atoms with Crippen LogP contribution >= 0.6 is 0 Å². The summed E-state index contributed by atoms with van der Waals surface area (Å²) in [5.74, 6) is -2.56. The number of fused-ring (bicyclic) bond motifs is 5. The first-order chi connectivity index (χ1) is 17.3. The lowest BCUT2D eigenvalue weighted by atomic mass is 9.60. The Morgan fingerprint density at radius 1 is 0.750 bits per heavy atom. The van der Waals surface area contributed by atoms with Crippen LogP contribution in [0.2, 0.25) is 0 Å². The van der Waals surface area contributed by atoms with Gasteiger partial charge in [0, 0.05) is 0 Å². The lowest BCUT2D eigenvalue weighted by Crippen LogP contribution is -2.79. The molecule has 10 nitrogen and oxygen atoms in total. The van der Waals surface area contributed by atoms with E-state index in [1.807, 2.05) is 60.7 Å². The maximum atomic E-state index is 13.1. The van der Waals surface area contributed by atoms with Crippen molar-refractivity contribution in [3.05, 3.63) is 71.8 Å². The van der Waals surface area contributed by atoms with E-state index in [0.717, 1.165) is 25.3 Å². The summed E-state index contributed by atoms with van der Waals surface area (Å²) < 4.78 is 33.6. The highest BCUT2D eigenvalue weighted by molar-refractivity contribution is 5.97. The number of ether oxygens (including phenoxy) is 6. The number of carbonyl (C=O) groups is 2. The van der Waals surface area contributed by atoms with Gasteiger partial charge in [-0.05, 0) is 11.1 Å². The second-order valence-electron chi connectivity index (χ2n) is 9.22. The predicted molar refractivity (Wildman–Crippen MR) is 121 cm³/mol. The maximum absolute atomic E-state index is 13.1. The highest BCUT2D eigenvalue weighted by atomic mass is 16.7. The fraction of sp³-hybridized carbons (Fsp3) is 0.462. The number of hydrogen-bond acceptors (Lipinski definition) is 10. The van der Waals surface area contributed by atoms with Crippen molar-refractivity contribution in [1.29, 1.82) is 0 Å². The third-order valence-electron chi connectivity index (χ3n) is 7.34. The van der Waals surface area contributed by atoms with Gasteiger partial charge in [-0.3, -0.25) is 0 Å². The quantitative estimate of drug-likeness (QED) is 0.351. The first-order valence-electron chi connectivity index (χ1n) is 11.5. The Kier molecular flexibility index (Phi) is 6.14. The molecule has 2 aromatic rings. The van der Waals surface area contributed by atoms with E-state index in [-0.39, 0.29) is 26.4 Å². The molecule has 3 saturated heterocycles. The smallest absolute Gasteiger partial charge is 0.345 e. The van der Waals surface area contributed by atoms with Crippen molar-refractivity contribution in [2.45, 2.75) is 47.8 Å². The molecule has 5 rings (SSSR count). The van der Waals surface area contributed by atoms with Gasteiger partial charge < -0.3 is 38.6 Å². The number of benzene rings is 2. The average molecular weight is 501 g/mol. The Hall–Kier alpha value is -2.86. The molecule has 2 bridgehead atoms. The maximum Gasteiger partial charge on any atom is 0.345 e. The fourth-order valence-corrected chi connectivity index (χ4v) is 5.59. The van der Waals surface area contributed by atoms with E-state index in [1.54, 1.807) is 0 Å². The van der Waals surface area contributed by atoms with E-state index in [2.05, 4.69) is 0 Å². The van der Waals surface area contributed by atoms with Gasteiger partial charge in [0.2, 0.25) is 11.2 Å². The van der Waals surface area contributed by atoms with Crippen LogP contribution in [0.15, 0.2) is 60.7 Å². The Morgan fingerprint density at radius 3 is 1.50 bits per heavy atom. The van der Waals surface area contributed by atoms with Crippen LogP contribution in [0.3, 0.4) is 0 Å². The molecule has 0 amide bonds. The molecule has 0 aromatic heterocycles. The highest BCUT2D eigenvalue weighted by Crippen LogP contribution is 2.69. The van der Waals surface area contributed by atoms with Gasteiger partial charge in [-0.15, -0.1) is 0 Å². The van der Waals surface area contributed by atoms with E-state index in [1.165, 1.54) is 0 Å². The van der Waals surface area contributed by atoms with E-state index in [9.17, 15) is 19.8 Å². The van der Waals surface area contributed by atoms with Crippen LogP contribution in [-0.4, -0.2) is 84.2 Å². The van der Waals surface area contributed by atoms with Gasteiger partial charge in [0.15, 0.2) is 11.2 Å². The molecule has 0 saturated carbocycles. The van der Waals surface area contributed by atoms with Crippen molar-refractivity contribution in [3.63, 3.8) is 0 Å². The van der Waals surface area contributed by atoms with Crippen molar-refractivity contribution in [2.75, 3.05) is 27.4 Å². The molecule has 0 radical (unpaired) electrons. The number of esters is 2. The van der Waals surface area contributed by atoms with Gasteiger partial charge in [0.05, 0.1) is 40.6 Å². The molecule has 6 atom stereocenters. The van der Waals surface area contributed by atoms with Crippen LogP contribution in [-0.2, 0) is 51.2 Å². The second-order valence-corrected chi connectivity index (χ2v) is 9.22. The van der Waals surface area contributed by atoms with Crippen molar-refractivity contribution < 1.29 is 48.2 Å². The SMILES string of the molecule is COC(=O)[C@@]1(O)[C@@](O)(C(=O)OC)[C@]2(COCc3ccccc3)O[C@@]1(COCc1ccccc1)[C@H]1O[C@H]12. The largest absolute Gasteiger partial charge is 0.467 e. The molecule has 2 N–H and O–H groups in total. The normalized spacial score (nSPS) is 35.8. The average Bonchev–Trinajstić information content (AvgIpc) is 3.65.